The third-order valence-electron chi connectivity index (χ3n) is 2.21. The third kappa shape index (κ3) is 6.33. The highest BCUT2D eigenvalue weighted by atomic mass is 32.2. The lowest BCUT2D eigenvalue weighted by Crippen LogP contribution is -2.01. The van der Waals surface area contributed by atoms with Gasteiger partial charge in [-0.05, 0) is 37.1 Å². The summed E-state index contributed by atoms with van der Waals surface area (Å²) >= 11 is 1.89. The Bertz CT molecular complexity index is 298. The topological polar surface area (TPSA) is 17.1 Å². The van der Waals surface area contributed by atoms with Gasteiger partial charge in [0.15, 0.2) is 0 Å². The quantitative estimate of drug-likeness (QED) is 0.521. The molecular formula is C13H20OS2. The molecule has 0 heterocycles. The van der Waals surface area contributed by atoms with Crippen LogP contribution in [0.2, 0.25) is 0 Å². The largest absolute Gasteiger partial charge is 0.260 e. The van der Waals surface area contributed by atoms with E-state index >= 15 is 0 Å². The van der Waals surface area contributed by atoms with Gasteiger partial charge in [-0.1, -0.05) is 25.1 Å². The van der Waals surface area contributed by atoms with Gasteiger partial charge in [-0.15, -0.1) is 11.8 Å². The predicted molar refractivity (Wildman–Crippen MR) is 74.6 cm³/mol. The summed E-state index contributed by atoms with van der Waals surface area (Å²) in [4.78, 5) is 1.33. The van der Waals surface area contributed by atoms with E-state index in [0.717, 1.165) is 36.5 Å². The first kappa shape index (κ1) is 13.8. The molecule has 1 unspecified atom stereocenters. The van der Waals surface area contributed by atoms with Crippen molar-refractivity contribution in [3.63, 3.8) is 0 Å². The minimum atomic E-state index is -0.577. The van der Waals surface area contributed by atoms with Crippen molar-refractivity contribution in [2.75, 3.05) is 17.3 Å². The van der Waals surface area contributed by atoms with Crippen LogP contribution in [0.1, 0.15) is 26.2 Å². The molecule has 0 aliphatic carbocycles. The normalized spacial score (nSPS) is 12.6. The van der Waals surface area contributed by atoms with Crippen LogP contribution in [0.15, 0.2) is 35.2 Å². The summed E-state index contributed by atoms with van der Waals surface area (Å²) in [6.07, 6.45) is 3.28. The Morgan fingerprint density at radius 1 is 1.12 bits per heavy atom. The number of hydrogen-bond acceptors (Lipinski definition) is 2. The molecule has 0 amide bonds. The molecule has 1 aromatic carbocycles. The lowest BCUT2D eigenvalue weighted by Gasteiger charge is -2.02. The lowest BCUT2D eigenvalue weighted by molar-refractivity contribution is 0.678. The van der Waals surface area contributed by atoms with Crippen LogP contribution in [-0.4, -0.2) is 21.5 Å². The molecule has 0 saturated carbocycles. The number of rotatable bonds is 8. The first-order valence-corrected chi connectivity index (χ1v) is 8.33. The third-order valence-corrected chi connectivity index (χ3v) is 4.92. The minimum Gasteiger partial charge on any atom is -0.260 e. The second kappa shape index (κ2) is 8.82. The molecular weight excluding hydrogens is 236 g/mol. The fourth-order valence-corrected chi connectivity index (χ4v) is 3.52. The molecule has 0 saturated heterocycles. The van der Waals surface area contributed by atoms with E-state index in [1.165, 1.54) is 4.90 Å². The summed E-state index contributed by atoms with van der Waals surface area (Å²) in [5, 5.41) is 0. The van der Waals surface area contributed by atoms with E-state index in [2.05, 4.69) is 31.2 Å². The molecule has 1 atom stereocenters. The van der Waals surface area contributed by atoms with Gasteiger partial charge in [0, 0.05) is 27.2 Å². The molecule has 0 radical (unpaired) electrons. The Morgan fingerprint density at radius 3 is 2.56 bits per heavy atom. The Morgan fingerprint density at radius 2 is 1.88 bits per heavy atom. The summed E-state index contributed by atoms with van der Waals surface area (Å²) in [7, 11) is -0.577. The molecule has 90 valence electrons. The van der Waals surface area contributed by atoms with Gasteiger partial charge in [0.1, 0.15) is 0 Å². The van der Waals surface area contributed by atoms with E-state index in [4.69, 9.17) is 0 Å². The fourth-order valence-electron chi connectivity index (χ4n) is 1.40. The van der Waals surface area contributed by atoms with Gasteiger partial charge in [-0.25, -0.2) is 0 Å². The molecule has 1 aromatic rings. The highest BCUT2D eigenvalue weighted by Crippen LogP contribution is 2.18. The van der Waals surface area contributed by atoms with E-state index in [1.54, 1.807) is 0 Å². The van der Waals surface area contributed by atoms with Gasteiger partial charge in [-0.3, -0.25) is 4.21 Å². The highest BCUT2D eigenvalue weighted by Gasteiger charge is 1.98. The average molecular weight is 256 g/mol. The van der Waals surface area contributed by atoms with Crippen molar-refractivity contribution in [3.05, 3.63) is 30.3 Å². The number of benzene rings is 1. The average Bonchev–Trinajstić information content (AvgIpc) is 2.30. The molecule has 3 heteroatoms. The SMILES string of the molecule is CCCS(=O)CCCCSc1ccccc1. The number of unbranched alkanes of at least 4 members (excludes halogenated alkanes) is 1. The van der Waals surface area contributed by atoms with Crippen LogP contribution in [0, 0.1) is 0 Å². The van der Waals surface area contributed by atoms with Crippen LogP contribution < -0.4 is 0 Å². The molecule has 0 spiro atoms. The van der Waals surface area contributed by atoms with Crippen molar-refractivity contribution in [3.8, 4) is 0 Å². The molecule has 0 aromatic heterocycles. The summed E-state index contributed by atoms with van der Waals surface area (Å²) in [6.45, 7) is 2.09. The van der Waals surface area contributed by atoms with Gasteiger partial charge in [0.25, 0.3) is 0 Å². The van der Waals surface area contributed by atoms with E-state index in [9.17, 15) is 4.21 Å². The molecule has 0 aliphatic rings. The highest BCUT2D eigenvalue weighted by molar-refractivity contribution is 7.99. The zero-order valence-corrected chi connectivity index (χ0v) is 11.5. The number of hydrogen-bond donors (Lipinski definition) is 0. The Labute approximate surface area is 105 Å². The van der Waals surface area contributed by atoms with Gasteiger partial charge in [0.05, 0.1) is 0 Å². The van der Waals surface area contributed by atoms with Crippen LogP contribution in [0.3, 0.4) is 0 Å². The summed E-state index contributed by atoms with van der Waals surface area (Å²) in [6, 6.07) is 10.5. The van der Waals surface area contributed by atoms with Crippen molar-refractivity contribution in [2.45, 2.75) is 31.1 Å². The first-order chi connectivity index (χ1) is 7.83. The second-order valence-electron chi connectivity index (χ2n) is 3.72. The maximum Gasteiger partial charge on any atom is 0.0235 e. The molecule has 0 N–H and O–H groups in total. The van der Waals surface area contributed by atoms with Crippen molar-refractivity contribution >= 4 is 22.6 Å². The Hall–Kier alpha value is -0.280. The van der Waals surface area contributed by atoms with Gasteiger partial charge >= 0.3 is 0 Å². The summed E-state index contributed by atoms with van der Waals surface area (Å²) in [5.41, 5.74) is 0. The zero-order valence-electron chi connectivity index (χ0n) is 9.85. The summed E-state index contributed by atoms with van der Waals surface area (Å²) in [5.74, 6) is 2.88. The van der Waals surface area contributed by atoms with Crippen LogP contribution >= 0.6 is 11.8 Å². The Kier molecular flexibility index (Phi) is 7.60. The maximum absolute atomic E-state index is 11.4. The van der Waals surface area contributed by atoms with E-state index in [-0.39, 0.29) is 0 Å². The van der Waals surface area contributed by atoms with Gasteiger partial charge < -0.3 is 0 Å². The molecule has 1 nitrogen and oxygen atoms in total. The monoisotopic (exact) mass is 256 g/mol. The Balaban J connectivity index is 2.02. The van der Waals surface area contributed by atoms with Crippen LogP contribution in [-0.2, 0) is 10.8 Å². The second-order valence-corrected chi connectivity index (χ2v) is 6.58. The molecule has 0 bridgehead atoms. The van der Waals surface area contributed by atoms with Crippen LogP contribution in [0.25, 0.3) is 0 Å². The zero-order chi connectivity index (χ0) is 11.6. The molecule has 16 heavy (non-hydrogen) atoms. The summed E-state index contributed by atoms with van der Waals surface area (Å²) < 4.78 is 11.4. The lowest BCUT2D eigenvalue weighted by atomic mass is 10.4. The molecule has 1 rings (SSSR count). The van der Waals surface area contributed by atoms with Gasteiger partial charge in [-0.2, -0.15) is 0 Å². The minimum absolute atomic E-state index is 0.577. The van der Waals surface area contributed by atoms with E-state index < -0.39 is 10.8 Å². The van der Waals surface area contributed by atoms with Crippen LogP contribution in [0.5, 0.6) is 0 Å². The van der Waals surface area contributed by atoms with Crippen LogP contribution in [0.4, 0.5) is 0 Å². The van der Waals surface area contributed by atoms with Crippen molar-refractivity contribution in [1.82, 2.24) is 0 Å². The maximum atomic E-state index is 11.4. The fraction of sp³-hybridized carbons (Fsp3) is 0.538. The first-order valence-electron chi connectivity index (χ1n) is 5.85. The molecule has 0 fully saturated rings. The van der Waals surface area contributed by atoms with E-state index in [0.29, 0.717) is 0 Å². The predicted octanol–water partition coefficient (Wildman–Crippen LogP) is 3.72. The smallest absolute Gasteiger partial charge is 0.0235 e. The van der Waals surface area contributed by atoms with E-state index in [1.807, 2.05) is 17.8 Å². The van der Waals surface area contributed by atoms with Crippen molar-refractivity contribution < 1.29 is 4.21 Å². The van der Waals surface area contributed by atoms with Crippen molar-refractivity contribution in [2.24, 2.45) is 0 Å². The standard InChI is InChI=1S/C13H20OS2/c1-2-11-16(14)12-7-6-10-15-13-8-4-3-5-9-13/h3-5,8-9H,2,6-7,10-12H2,1H3. The molecule has 0 aliphatic heterocycles. The number of thioether (sulfide) groups is 1. The van der Waals surface area contributed by atoms with Gasteiger partial charge in [0.2, 0.25) is 0 Å². The van der Waals surface area contributed by atoms with Crippen molar-refractivity contribution in [1.29, 1.82) is 0 Å².